The number of hydrogen-bond acceptors (Lipinski definition) is 3. The van der Waals surface area contributed by atoms with Gasteiger partial charge in [-0.2, -0.15) is 0 Å². The van der Waals surface area contributed by atoms with Crippen molar-refractivity contribution >= 4 is 34.3 Å². The fourth-order valence-corrected chi connectivity index (χ4v) is 6.05. The summed E-state index contributed by atoms with van der Waals surface area (Å²) in [4.78, 5) is 0. The third kappa shape index (κ3) is 2.93. The van der Waals surface area contributed by atoms with Gasteiger partial charge in [-0.05, 0) is 29.2 Å². The second-order valence-corrected chi connectivity index (χ2v) is 7.70. The van der Waals surface area contributed by atoms with E-state index < -0.39 is 0 Å². The lowest BCUT2D eigenvalue weighted by Crippen LogP contribution is -2.01. The number of hydrogen-bond donors (Lipinski definition) is 1. The molecule has 2 aromatic rings. The summed E-state index contributed by atoms with van der Waals surface area (Å²) >= 11 is 4.12. The molecule has 0 spiro atoms. The first-order valence-corrected chi connectivity index (χ1v) is 8.73. The monoisotopic (exact) mass is 290 g/mol. The average molecular weight is 290 g/mol. The number of fused-ring (bicyclic) bond motifs is 1. The molecule has 0 radical (unpaired) electrons. The first-order chi connectivity index (χ1) is 9.38. The van der Waals surface area contributed by atoms with Crippen molar-refractivity contribution in [3.05, 3.63) is 48.0 Å². The summed E-state index contributed by atoms with van der Waals surface area (Å²) in [5.41, 5.74) is 1.46. The number of rotatable bonds is 4. The van der Waals surface area contributed by atoms with E-state index in [0.29, 0.717) is 16.4 Å². The Morgan fingerprint density at radius 3 is 2.84 bits per heavy atom. The Bertz CT molecular complexity index is 550. The fraction of sp³-hybridized carbons (Fsp3) is 0.375. The smallest absolute Gasteiger partial charge is 0.0760 e. The Morgan fingerprint density at radius 1 is 1.11 bits per heavy atom. The van der Waals surface area contributed by atoms with E-state index >= 15 is 0 Å². The van der Waals surface area contributed by atoms with Gasteiger partial charge in [-0.25, -0.2) is 0 Å². The van der Waals surface area contributed by atoms with Gasteiger partial charge in [0.2, 0.25) is 0 Å². The zero-order valence-electron chi connectivity index (χ0n) is 10.8. The molecule has 3 heteroatoms. The Hall–Kier alpha value is -0.640. The van der Waals surface area contributed by atoms with Crippen molar-refractivity contribution in [2.75, 3.05) is 12.4 Å². The van der Waals surface area contributed by atoms with E-state index in [-0.39, 0.29) is 0 Å². The molecule has 0 amide bonds. The van der Waals surface area contributed by atoms with Crippen LogP contribution >= 0.6 is 23.5 Å². The number of aliphatic hydroxyl groups excluding tert-OH is 1. The van der Waals surface area contributed by atoms with Gasteiger partial charge >= 0.3 is 0 Å². The second kappa shape index (κ2) is 6.21. The summed E-state index contributed by atoms with van der Waals surface area (Å²) < 4.78 is 0.551. The molecule has 1 fully saturated rings. The Balaban J connectivity index is 1.82. The largest absolute Gasteiger partial charge is 0.396 e. The van der Waals surface area contributed by atoms with E-state index in [2.05, 4.69) is 66.0 Å². The molecular formula is C16H18OS2. The van der Waals surface area contributed by atoms with Crippen molar-refractivity contribution in [2.24, 2.45) is 0 Å². The predicted molar refractivity (Wildman–Crippen MR) is 86.8 cm³/mol. The summed E-state index contributed by atoms with van der Waals surface area (Å²) in [7, 11) is 0. The molecule has 3 rings (SSSR count). The van der Waals surface area contributed by atoms with Crippen LogP contribution in [0, 0.1) is 0 Å². The summed E-state index contributed by atoms with van der Waals surface area (Å²) in [6.45, 7) is 0.320. The Labute approximate surface area is 122 Å². The summed E-state index contributed by atoms with van der Waals surface area (Å²) in [5.74, 6) is 1.21. The fourth-order valence-electron chi connectivity index (χ4n) is 2.54. The topological polar surface area (TPSA) is 20.2 Å². The summed E-state index contributed by atoms with van der Waals surface area (Å²) in [6.07, 6.45) is 2.07. The van der Waals surface area contributed by atoms with Crippen LogP contribution in [0.5, 0.6) is 0 Å². The average Bonchev–Trinajstić information content (AvgIpc) is 2.93. The highest BCUT2D eigenvalue weighted by Gasteiger charge is 2.27. The lowest BCUT2D eigenvalue weighted by molar-refractivity contribution is 0.285. The highest BCUT2D eigenvalue weighted by Crippen LogP contribution is 2.51. The minimum atomic E-state index is 0.320. The molecule has 2 unspecified atom stereocenters. The van der Waals surface area contributed by atoms with Gasteiger partial charge in [0.05, 0.1) is 4.58 Å². The second-order valence-electron chi connectivity index (χ2n) is 4.86. The molecule has 1 nitrogen and oxygen atoms in total. The summed E-state index contributed by atoms with van der Waals surface area (Å²) in [6, 6.07) is 15.3. The highest BCUT2D eigenvalue weighted by molar-refractivity contribution is 8.19. The van der Waals surface area contributed by atoms with Crippen molar-refractivity contribution in [3.8, 4) is 0 Å². The number of aliphatic hydroxyl groups is 1. The maximum Gasteiger partial charge on any atom is 0.0760 e. The normalized spacial score (nSPS) is 23.0. The zero-order chi connectivity index (χ0) is 13.1. The van der Waals surface area contributed by atoms with Gasteiger partial charge in [0, 0.05) is 17.6 Å². The molecule has 2 aromatic carbocycles. The molecular weight excluding hydrogens is 272 g/mol. The lowest BCUT2D eigenvalue weighted by Gasteiger charge is -2.13. The van der Waals surface area contributed by atoms with Gasteiger partial charge in [0.1, 0.15) is 0 Å². The first-order valence-electron chi connectivity index (χ1n) is 6.74. The Kier molecular flexibility index (Phi) is 4.36. The van der Waals surface area contributed by atoms with E-state index in [1.807, 2.05) is 0 Å². The quantitative estimate of drug-likeness (QED) is 0.898. The standard InChI is InChI=1S/C16H18OS2/c17-10-4-7-13-11-18-16(19-13)15-9-3-6-12-5-1-2-8-14(12)15/h1-3,5-6,8-9,13,16-17H,4,7,10-11H2. The van der Waals surface area contributed by atoms with E-state index in [0.717, 1.165) is 12.8 Å². The van der Waals surface area contributed by atoms with Crippen LogP contribution in [0.15, 0.2) is 42.5 Å². The first kappa shape index (κ1) is 13.3. The molecule has 2 atom stereocenters. The molecule has 100 valence electrons. The van der Waals surface area contributed by atoms with Gasteiger partial charge in [-0.15, -0.1) is 23.5 Å². The summed E-state index contributed by atoms with van der Waals surface area (Å²) in [5, 5.41) is 12.4. The van der Waals surface area contributed by atoms with Crippen LogP contribution in [-0.2, 0) is 0 Å². The molecule has 0 aliphatic carbocycles. The third-order valence-corrected chi connectivity index (χ3v) is 6.90. The molecule has 19 heavy (non-hydrogen) atoms. The van der Waals surface area contributed by atoms with Crippen molar-refractivity contribution < 1.29 is 5.11 Å². The minimum absolute atomic E-state index is 0.320. The van der Waals surface area contributed by atoms with Crippen LogP contribution in [0.2, 0.25) is 0 Å². The zero-order valence-corrected chi connectivity index (χ0v) is 12.4. The van der Waals surface area contributed by atoms with Gasteiger partial charge in [0.15, 0.2) is 0 Å². The highest BCUT2D eigenvalue weighted by atomic mass is 32.2. The van der Waals surface area contributed by atoms with Crippen LogP contribution < -0.4 is 0 Å². The SMILES string of the molecule is OCCCC1CSC(c2cccc3ccccc23)S1. The molecule has 0 saturated carbocycles. The maximum absolute atomic E-state index is 8.93. The van der Waals surface area contributed by atoms with Crippen LogP contribution in [-0.4, -0.2) is 22.7 Å². The van der Waals surface area contributed by atoms with Gasteiger partial charge in [-0.3, -0.25) is 0 Å². The van der Waals surface area contributed by atoms with Crippen LogP contribution in [0.3, 0.4) is 0 Å². The van der Waals surface area contributed by atoms with E-state index in [1.165, 1.54) is 22.1 Å². The number of thioether (sulfide) groups is 2. The van der Waals surface area contributed by atoms with Gasteiger partial charge < -0.3 is 5.11 Å². The molecule has 1 aliphatic rings. The number of benzene rings is 2. The van der Waals surface area contributed by atoms with Gasteiger partial charge in [-0.1, -0.05) is 42.5 Å². The van der Waals surface area contributed by atoms with Crippen molar-refractivity contribution in [1.82, 2.24) is 0 Å². The van der Waals surface area contributed by atoms with Crippen molar-refractivity contribution in [3.63, 3.8) is 0 Å². The van der Waals surface area contributed by atoms with Crippen LogP contribution in [0.4, 0.5) is 0 Å². The van der Waals surface area contributed by atoms with Crippen molar-refractivity contribution in [2.45, 2.75) is 22.7 Å². The molecule has 0 bridgehead atoms. The van der Waals surface area contributed by atoms with E-state index in [4.69, 9.17) is 5.11 Å². The third-order valence-electron chi connectivity index (χ3n) is 3.51. The maximum atomic E-state index is 8.93. The Morgan fingerprint density at radius 2 is 1.95 bits per heavy atom. The van der Waals surface area contributed by atoms with E-state index in [1.54, 1.807) is 0 Å². The van der Waals surface area contributed by atoms with Crippen LogP contribution in [0.25, 0.3) is 10.8 Å². The minimum Gasteiger partial charge on any atom is -0.396 e. The van der Waals surface area contributed by atoms with Crippen molar-refractivity contribution in [1.29, 1.82) is 0 Å². The van der Waals surface area contributed by atoms with Gasteiger partial charge in [0.25, 0.3) is 0 Å². The van der Waals surface area contributed by atoms with E-state index in [9.17, 15) is 0 Å². The molecule has 1 heterocycles. The molecule has 0 aromatic heterocycles. The molecule has 1 aliphatic heterocycles. The van der Waals surface area contributed by atoms with Crippen LogP contribution in [0.1, 0.15) is 23.0 Å². The molecule has 1 saturated heterocycles. The lowest BCUT2D eigenvalue weighted by atomic mass is 10.1. The predicted octanol–water partition coefficient (Wildman–Crippen LogP) is 4.46. The molecule has 1 N–H and O–H groups in total.